The maximum absolute atomic E-state index is 9.77. The summed E-state index contributed by atoms with van der Waals surface area (Å²) >= 11 is 0. The lowest BCUT2D eigenvalue weighted by Gasteiger charge is -2.01. The van der Waals surface area contributed by atoms with Crippen LogP contribution in [0.1, 0.15) is 11.1 Å². The molecule has 0 amide bonds. The SMILES string of the molecule is O=NNCc1ccc(CNN=O)cc1. The largest absolute Gasteiger partial charge is 0.269 e. The Morgan fingerprint density at radius 1 is 0.857 bits per heavy atom. The van der Waals surface area contributed by atoms with Crippen molar-refractivity contribution >= 4 is 0 Å². The third-order valence-electron chi connectivity index (χ3n) is 1.72. The fraction of sp³-hybridized carbons (Fsp3) is 0.250. The average molecular weight is 194 g/mol. The quantitative estimate of drug-likeness (QED) is 0.527. The zero-order valence-electron chi connectivity index (χ0n) is 7.43. The molecular weight excluding hydrogens is 184 g/mol. The molecule has 6 nitrogen and oxygen atoms in total. The molecule has 1 rings (SSSR count). The van der Waals surface area contributed by atoms with Crippen LogP contribution in [0.5, 0.6) is 0 Å². The molecule has 74 valence electrons. The van der Waals surface area contributed by atoms with Gasteiger partial charge in [0.15, 0.2) is 0 Å². The van der Waals surface area contributed by atoms with Gasteiger partial charge in [-0.05, 0) is 11.1 Å². The highest BCUT2D eigenvalue weighted by atomic mass is 16.3. The van der Waals surface area contributed by atoms with E-state index in [0.29, 0.717) is 13.1 Å². The van der Waals surface area contributed by atoms with E-state index in [2.05, 4.69) is 21.4 Å². The van der Waals surface area contributed by atoms with Crippen molar-refractivity contribution in [2.24, 2.45) is 10.6 Å². The van der Waals surface area contributed by atoms with Crippen molar-refractivity contribution in [2.75, 3.05) is 0 Å². The maximum Gasteiger partial charge on any atom is 0.0612 e. The minimum Gasteiger partial charge on any atom is -0.269 e. The Morgan fingerprint density at radius 3 is 1.50 bits per heavy atom. The third-order valence-corrected chi connectivity index (χ3v) is 1.72. The minimum atomic E-state index is 0.406. The van der Waals surface area contributed by atoms with Crippen LogP contribution in [-0.2, 0) is 13.1 Å². The topological polar surface area (TPSA) is 82.9 Å². The highest BCUT2D eigenvalue weighted by molar-refractivity contribution is 5.22. The number of rotatable bonds is 6. The van der Waals surface area contributed by atoms with Crippen molar-refractivity contribution in [3.8, 4) is 0 Å². The molecule has 0 aliphatic rings. The van der Waals surface area contributed by atoms with Gasteiger partial charge in [-0.2, -0.15) is 0 Å². The first kappa shape index (κ1) is 10.1. The lowest BCUT2D eigenvalue weighted by molar-refractivity contribution is 0.727. The first-order valence-corrected chi connectivity index (χ1v) is 4.05. The van der Waals surface area contributed by atoms with Gasteiger partial charge in [0.1, 0.15) is 0 Å². The molecule has 1 aromatic rings. The first-order chi connectivity index (χ1) is 6.86. The summed E-state index contributed by atoms with van der Waals surface area (Å²) in [7, 11) is 0. The highest BCUT2D eigenvalue weighted by Gasteiger charge is 1.93. The van der Waals surface area contributed by atoms with Crippen molar-refractivity contribution in [1.82, 2.24) is 10.9 Å². The lowest BCUT2D eigenvalue weighted by Crippen LogP contribution is -2.05. The summed E-state index contributed by atoms with van der Waals surface area (Å²) in [5.41, 5.74) is 6.53. The van der Waals surface area contributed by atoms with E-state index in [1.165, 1.54) is 0 Å². The standard InChI is InChI=1S/C8H10N4O2/c13-11-9-5-7-1-2-8(4-3-7)6-10-12-14/h1-4H,5-6H2,(H,9,13)(H,10,14). The summed E-state index contributed by atoms with van der Waals surface area (Å²) in [5.74, 6) is 0. The Balaban J connectivity index is 2.49. The zero-order valence-corrected chi connectivity index (χ0v) is 7.43. The van der Waals surface area contributed by atoms with Gasteiger partial charge in [0.05, 0.1) is 13.1 Å². The molecule has 0 radical (unpaired) electrons. The maximum atomic E-state index is 9.77. The number of hydrogen-bond acceptors (Lipinski definition) is 4. The molecule has 0 aliphatic heterocycles. The summed E-state index contributed by atoms with van der Waals surface area (Å²) < 4.78 is 0. The van der Waals surface area contributed by atoms with Gasteiger partial charge in [-0.1, -0.05) is 24.3 Å². The monoisotopic (exact) mass is 194 g/mol. The van der Waals surface area contributed by atoms with Gasteiger partial charge in [0.2, 0.25) is 0 Å². The molecule has 1 aromatic carbocycles. The molecule has 6 heteroatoms. The predicted octanol–water partition coefficient (Wildman–Crippen LogP) is 1.23. The van der Waals surface area contributed by atoms with E-state index < -0.39 is 0 Å². The molecule has 0 bridgehead atoms. The van der Waals surface area contributed by atoms with Crippen LogP contribution in [0.2, 0.25) is 0 Å². The Hall–Kier alpha value is -1.98. The van der Waals surface area contributed by atoms with Crippen LogP contribution >= 0.6 is 0 Å². The van der Waals surface area contributed by atoms with Crippen molar-refractivity contribution in [2.45, 2.75) is 13.1 Å². The van der Waals surface area contributed by atoms with Gasteiger partial charge < -0.3 is 0 Å². The van der Waals surface area contributed by atoms with Gasteiger partial charge in [-0.3, -0.25) is 10.9 Å². The smallest absolute Gasteiger partial charge is 0.0612 e. The molecule has 0 saturated heterocycles. The summed E-state index contributed by atoms with van der Waals surface area (Å²) in [6.07, 6.45) is 0. The molecule has 14 heavy (non-hydrogen) atoms. The molecule has 0 spiro atoms. The molecule has 0 atom stereocenters. The van der Waals surface area contributed by atoms with Gasteiger partial charge in [0.25, 0.3) is 0 Å². The minimum absolute atomic E-state index is 0.406. The normalized spacial score (nSPS) is 9.14. The number of nitroso groups, excluding NO2 is 2. The van der Waals surface area contributed by atoms with Crippen LogP contribution in [0.3, 0.4) is 0 Å². The van der Waals surface area contributed by atoms with Gasteiger partial charge in [0, 0.05) is 10.6 Å². The Labute approximate surface area is 80.6 Å². The van der Waals surface area contributed by atoms with Crippen LogP contribution in [0.15, 0.2) is 34.8 Å². The van der Waals surface area contributed by atoms with Crippen molar-refractivity contribution in [3.05, 3.63) is 45.2 Å². The van der Waals surface area contributed by atoms with Gasteiger partial charge >= 0.3 is 0 Å². The molecule has 0 aliphatic carbocycles. The number of nitrogens with one attached hydrogen (secondary N) is 2. The van der Waals surface area contributed by atoms with E-state index in [1.54, 1.807) is 0 Å². The fourth-order valence-corrected chi connectivity index (χ4v) is 1.02. The van der Waals surface area contributed by atoms with E-state index in [-0.39, 0.29) is 0 Å². The summed E-state index contributed by atoms with van der Waals surface area (Å²) in [4.78, 5) is 19.5. The van der Waals surface area contributed by atoms with Crippen LogP contribution in [0, 0.1) is 9.81 Å². The third kappa shape index (κ3) is 3.18. The Kier molecular flexibility index (Phi) is 4.06. The second kappa shape index (κ2) is 5.63. The van der Waals surface area contributed by atoms with E-state index in [0.717, 1.165) is 11.1 Å². The first-order valence-electron chi connectivity index (χ1n) is 4.05. The molecule has 0 aromatic heterocycles. The molecule has 0 fully saturated rings. The van der Waals surface area contributed by atoms with Crippen molar-refractivity contribution < 1.29 is 0 Å². The molecule has 0 heterocycles. The highest BCUT2D eigenvalue weighted by Crippen LogP contribution is 2.03. The van der Waals surface area contributed by atoms with E-state index in [4.69, 9.17) is 0 Å². The molecule has 2 N–H and O–H groups in total. The van der Waals surface area contributed by atoms with E-state index >= 15 is 0 Å². The van der Waals surface area contributed by atoms with Gasteiger partial charge in [-0.25, -0.2) is 0 Å². The predicted molar refractivity (Wildman–Crippen MR) is 51.7 cm³/mol. The van der Waals surface area contributed by atoms with E-state index in [1.807, 2.05) is 24.3 Å². The molecule has 0 saturated carbocycles. The second-order valence-corrected chi connectivity index (χ2v) is 2.67. The average Bonchev–Trinajstić information content (AvgIpc) is 2.25. The van der Waals surface area contributed by atoms with Crippen LogP contribution in [0.4, 0.5) is 0 Å². The Morgan fingerprint density at radius 2 is 1.21 bits per heavy atom. The van der Waals surface area contributed by atoms with Crippen molar-refractivity contribution in [1.29, 1.82) is 0 Å². The van der Waals surface area contributed by atoms with E-state index in [9.17, 15) is 9.81 Å². The van der Waals surface area contributed by atoms with Crippen LogP contribution in [-0.4, -0.2) is 0 Å². The number of benzene rings is 1. The van der Waals surface area contributed by atoms with Crippen molar-refractivity contribution in [3.63, 3.8) is 0 Å². The van der Waals surface area contributed by atoms with Crippen LogP contribution in [0.25, 0.3) is 0 Å². The second-order valence-electron chi connectivity index (χ2n) is 2.67. The van der Waals surface area contributed by atoms with Crippen LogP contribution < -0.4 is 10.9 Å². The molecule has 0 unspecified atom stereocenters. The summed E-state index contributed by atoms with van der Waals surface area (Å²) in [5, 5.41) is 5.07. The number of hydrogen-bond donors (Lipinski definition) is 2. The summed E-state index contributed by atoms with van der Waals surface area (Å²) in [6.45, 7) is 0.812. The molecular formula is C8H10N4O2. The number of nitrogens with zero attached hydrogens (tertiary/aromatic N) is 2. The lowest BCUT2D eigenvalue weighted by atomic mass is 10.1. The van der Waals surface area contributed by atoms with Gasteiger partial charge in [-0.15, -0.1) is 9.81 Å². The summed E-state index contributed by atoms with van der Waals surface area (Å²) in [6, 6.07) is 7.39. The fourth-order valence-electron chi connectivity index (χ4n) is 1.02. The zero-order chi connectivity index (χ0) is 10.2. The Bertz CT molecular complexity index is 268.